The van der Waals surface area contributed by atoms with E-state index in [4.69, 9.17) is 5.11 Å². The van der Waals surface area contributed by atoms with Crippen molar-refractivity contribution in [3.05, 3.63) is 41.0 Å². The Morgan fingerprint density at radius 3 is 2.72 bits per heavy atom. The van der Waals surface area contributed by atoms with Crippen LogP contribution in [0.15, 0.2) is 35.7 Å². The maximum absolute atomic E-state index is 9.95. The highest BCUT2D eigenvalue weighted by atomic mass is 32.1. The molecule has 1 aliphatic rings. The van der Waals surface area contributed by atoms with Gasteiger partial charge in [0.15, 0.2) is 5.82 Å². The Hall–Kier alpha value is -2.47. The molecule has 4 atom stereocenters. The van der Waals surface area contributed by atoms with Crippen LogP contribution in [0.1, 0.15) is 10.4 Å². The predicted molar refractivity (Wildman–Crippen MR) is 109 cm³/mol. The fourth-order valence-electron chi connectivity index (χ4n) is 3.37. The average Bonchev–Trinajstić information content (AvgIpc) is 3.27. The van der Waals surface area contributed by atoms with Crippen molar-refractivity contribution in [3.63, 3.8) is 0 Å². The van der Waals surface area contributed by atoms with E-state index < -0.39 is 31.0 Å². The van der Waals surface area contributed by atoms with Crippen LogP contribution in [0.5, 0.6) is 0 Å². The highest BCUT2D eigenvalue weighted by Crippen LogP contribution is 2.47. The second kappa shape index (κ2) is 8.11. The van der Waals surface area contributed by atoms with Gasteiger partial charge in [-0.3, -0.25) is 5.43 Å². The number of thiophene rings is 1. The normalized spacial score (nSPS) is 17.1. The lowest BCUT2D eigenvalue weighted by Crippen LogP contribution is -2.46. The van der Waals surface area contributed by atoms with Gasteiger partial charge in [-0.25, -0.2) is 9.97 Å². The Bertz CT molecular complexity index is 1060. The van der Waals surface area contributed by atoms with Gasteiger partial charge in [0.25, 0.3) is 0 Å². The Morgan fingerprint density at radius 2 is 1.93 bits per heavy atom. The van der Waals surface area contributed by atoms with Gasteiger partial charge in [0, 0.05) is 16.9 Å². The van der Waals surface area contributed by atoms with Crippen LogP contribution in [-0.2, 0) is 6.42 Å². The van der Waals surface area contributed by atoms with E-state index in [0.29, 0.717) is 5.82 Å². The van der Waals surface area contributed by atoms with Gasteiger partial charge in [0.2, 0.25) is 0 Å². The molecule has 0 fully saturated rings. The molecule has 4 rings (SSSR count). The molecule has 3 aromatic rings. The topological polar surface area (TPSA) is 151 Å². The highest BCUT2D eigenvalue weighted by Gasteiger charge is 2.29. The maximum atomic E-state index is 9.95. The van der Waals surface area contributed by atoms with E-state index in [1.165, 1.54) is 16.8 Å². The molecule has 0 saturated carbocycles. The van der Waals surface area contributed by atoms with Crippen LogP contribution in [0, 0.1) is 0 Å². The molecule has 0 saturated heterocycles. The van der Waals surface area contributed by atoms with Crippen LogP contribution in [0.4, 0.5) is 5.82 Å². The van der Waals surface area contributed by atoms with E-state index in [0.717, 1.165) is 34.0 Å². The number of aliphatic hydroxyl groups excluding tert-OH is 5. The summed E-state index contributed by atoms with van der Waals surface area (Å²) in [4.78, 5) is 10.6. The Kier molecular flexibility index (Phi) is 5.54. The molecular formula is C19H20N4O5S. The molecule has 6 N–H and O–H groups in total. The van der Waals surface area contributed by atoms with Gasteiger partial charge >= 0.3 is 0 Å². The van der Waals surface area contributed by atoms with Gasteiger partial charge in [0.1, 0.15) is 35.6 Å². The van der Waals surface area contributed by atoms with Crippen molar-refractivity contribution in [1.29, 1.82) is 0 Å². The van der Waals surface area contributed by atoms with Crippen molar-refractivity contribution < 1.29 is 25.5 Å². The Labute approximate surface area is 169 Å². The zero-order valence-corrected chi connectivity index (χ0v) is 16.0. The largest absolute Gasteiger partial charge is 0.394 e. The summed E-state index contributed by atoms with van der Waals surface area (Å²) in [5, 5.41) is 52.4. The fourth-order valence-corrected chi connectivity index (χ4v) is 4.54. The number of nitrogens with one attached hydrogen (secondary N) is 1. The molecule has 1 aromatic carbocycles. The lowest BCUT2D eigenvalue weighted by atomic mass is 10.0. The third-order valence-corrected chi connectivity index (χ3v) is 5.98. The summed E-state index contributed by atoms with van der Waals surface area (Å²) < 4.78 is 0. The lowest BCUT2D eigenvalue weighted by molar-refractivity contribution is -0.0999. The monoisotopic (exact) mass is 416 g/mol. The molecule has 0 amide bonds. The number of benzene rings is 1. The van der Waals surface area contributed by atoms with Crippen molar-refractivity contribution in [1.82, 2.24) is 9.97 Å². The van der Waals surface area contributed by atoms with Crippen molar-refractivity contribution in [2.24, 2.45) is 5.10 Å². The first-order valence-corrected chi connectivity index (χ1v) is 9.80. The van der Waals surface area contributed by atoms with E-state index in [9.17, 15) is 20.4 Å². The van der Waals surface area contributed by atoms with Gasteiger partial charge < -0.3 is 25.5 Å². The number of hydrazone groups is 1. The lowest BCUT2D eigenvalue weighted by Gasteiger charge is -2.23. The smallest absolute Gasteiger partial charge is 0.159 e. The number of anilines is 1. The number of aliphatic hydroxyl groups is 5. The van der Waals surface area contributed by atoms with Gasteiger partial charge in [-0.2, -0.15) is 5.10 Å². The second-order valence-electron chi connectivity index (χ2n) is 6.75. The van der Waals surface area contributed by atoms with Gasteiger partial charge in [0.05, 0.1) is 18.2 Å². The highest BCUT2D eigenvalue weighted by molar-refractivity contribution is 7.19. The van der Waals surface area contributed by atoms with E-state index in [2.05, 4.69) is 32.6 Å². The molecule has 2 aromatic heterocycles. The summed E-state index contributed by atoms with van der Waals surface area (Å²) in [6.07, 6.45) is -3.32. The summed E-state index contributed by atoms with van der Waals surface area (Å²) in [7, 11) is 0. The minimum Gasteiger partial charge on any atom is -0.394 e. The fraction of sp³-hybridized carbons (Fsp3) is 0.316. The summed E-state index contributed by atoms with van der Waals surface area (Å²) >= 11 is 1.59. The summed E-state index contributed by atoms with van der Waals surface area (Å²) in [5.41, 5.74) is 6.20. The molecule has 0 spiro atoms. The maximum Gasteiger partial charge on any atom is 0.159 e. The van der Waals surface area contributed by atoms with Gasteiger partial charge in [-0.1, -0.05) is 24.3 Å². The second-order valence-corrected chi connectivity index (χ2v) is 7.83. The molecule has 0 aliphatic heterocycles. The van der Waals surface area contributed by atoms with Crippen molar-refractivity contribution >= 4 is 33.6 Å². The zero-order chi connectivity index (χ0) is 20.5. The Balaban J connectivity index is 1.58. The van der Waals surface area contributed by atoms with Gasteiger partial charge in [-0.05, 0) is 11.1 Å². The molecule has 10 heteroatoms. The van der Waals surface area contributed by atoms with Crippen molar-refractivity contribution in [2.75, 3.05) is 12.0 Å². The predicted octanol–water partition coefficient (Wildman–Crippen LogP) is 0.0961. The standard InChI is InChI=1S/C19H20N4O5S/c24-7-12(26)17(28)16(27)11(25)6-22-23-18-15-14-10-4-2-1-3-9(10)5-13(14)29-19(15)21-8-20-18/h1-4,6,8,11-12,16-17,24-28H,5,7H2,(H,20,21,23)/b22-6+/t11-,12+,16+,17+/m0/s1. The minimum atomic E-state index is -1.72. The van der Waals surface area contributed by atoms with Gasteiger partial charge in [-0.15, -0.1) is 11.3 Å². The molecule has 9 nitrogen and oxygen atoms in total. The van der Waals surface area contributed by atoms with Crippen LogP contribution in [0.3, 0.4) is 0 Å². The number of nitrogens with zero attached hydrogens (tertiary/aromatic N) is 3. The van der Waals surface area contributed by atoms with Crippen LogP contribution in [0.2, 0.25) is 0 Å². The number of hydrogen-bond acceptors (Lipinski definition) is 10. The molecule has 152 valence electrons. The first kappa shape index (κ1) is 19.8. The molecule has 0 radical (unpaired) electrons. The number of aromatic nitrogens is 2. The molecule has 0 unspecified atom stereocenters. The zero-order valence-electron chi connectivity index (χ0n) is 15.2. The third kappa shape index (κ3) is 3.62. The molecule has 0 bridgehead atoms. The van der Waals surface area contributed by atoms with Crippen LogP contribution in [-0.4, -0.2) is 72.7 Å². The summed E-state index contributed by atoms with van der Waals surface area (Å²) in [5.74, 6) is 0.457. The van der Waals surface area contributed by atoms with Crippen LogP contribution < -0.4 is 5.43 Å². The van der Waals surface area contributed by atoms with Crippen molar-refractivity contribution in [3.8, 4) is 11.1 Å². The average molecular weight is 416 g/mol. The first-order chi connectivity index (χ1) is 14.0. The van der Waals surface area contributed by atoms with Crippen LogP contribution in [0.25, 0.3) is 21.3 Å². The minimum absolute atomic E-state index is 0.457. The number of rotatable bonds is 7. The van der Waals surface area contributed by atoms with E-state index in [1.807, 2.05) is 12.1 Å². The van der Waals surface area contributed by atoms with E-state index in [-0.39, 0.29) is 0 Å². The SMILES string of the molecule is OC[C@@H](O)[C@@H](O)[C@H](O)[C@@H](O)/C=N/Nc1ncnc2sc3c(c12)-c1ccccc1C3. The van der Waals surface area contributed by atoms with Crippen molar-refractivity contribution in [2.45, 2.75) is 30.8 Å². The molecular weight excluding hydrogens is 396 g/mol. The molecule has 1 aliphatic carbocycles. The number of hydrogen-bond donors (Lipinski definition) is 6. The first-order valence-electron chi connectivity index (χ1n) is 8.98. The quantitative estimate of drug-likeness (QED) is 0.183. The number of fused-ring (bicyclic) bond motifs is 5. The van der Waals surface area contributed by atoms with Crippen LogP contribution >= 0.6 is 11.3 Å². The van der Waals surface area contributed by atoms with E-state index in [1.54, 1.807) is 11.3 Å². The molecule has 29 heavy (non-hydrogen) atoms. The molecule has 2 heterocycles. The Morgan fingerprint density at radius 1 is 1.14 bits per heavy atom. The summed E-state index contributed by atoms with van der Waals surface area (Å²) in [6.45, 7) is -0.746. The van der Waals surface area contributed by atoms with E-state index >= 15 is 0 Å². The summed E-state index contributed by atoms with van der Waals surface area (Å²) in [6, 6.07) is 8.14. The third-order valence-electron chi connectivity index (χ3n) is 4.88.